The second-order valence-electron chi connectivity index (χ2n) is 5.65. The van der Waals surface area contributed by atoms with Crippen molar-refractivity contribution in [2.24, 2.45) is 5.73 Å². The van der Waals surface area contributed by atoms with Crippen LogP contribution in [0.3, 0.4) is 0 Å². The van der Waals surface area contributed by atoms with E-state index in [1.54, 1.807) is 0 Å². The molecule has 2 atom stereocenters. The van der Waals surface area contributed by atoms with Crippen molar-refractivity contribution in [1.29, 1.82) is 0 Å². The van der Waals surface area contributed by atoms with Crippen molar-refractivity contribution in [3.05, 3.63) is 5.89 Å². The standard InChI is InChI=1S/C13H23N5O3/c1-8(2)12-16-17-13(21-12)15-11(19)7-18-4-5-20-10(6-18)9(3)14/h8-10H,4-7,14H2,1-3H3,(H,15,17,19). The summed E-state index contributed by atoms with van der Waals surface area (Å²) >= 11 is 0. The van der Waals surface area contributed by atoms with Crippen LogP contribution in [0.15, 0.2) is 4.42 Å². The molecule has 0 aromatic carbocycles. The fourth-order valence-corrected chi connectivity index (χ4v) is 2.07. The second kappa shape index (κ2) is 6.97. The summed E-state index contributed by atoms with van der Waals surface area (Å²) in [7, 11) is 0. The van der Waals surface area contributed by atoms with Crippen LogP contribution in [-0.4, -0.2) is 59.4 Å². The van der Waals surface area contributed by atoms with Crippen molar-refractivity contribution in [3.8, 4) is 0 Å². The molecule has 8 heteroatoms. The highest BCUT2D eigenvalue weighted by Crippen LogP contribution is 2.15. The van der Waals surface area contributed by atoms with Crippen LogP contribution in [0.2, 0.25) is 0 Å². The number of nitrogens with zero attached hydrogens (tertiary/aromatic N) is 3. The summed E-state index contributed by atoms with van der Waals surface area (Å²) < 4.78 is 10.9. The van der Waals surface area contributed by atoms with Gasteiger partial charge in [0.15, 0.2) is 0 Å². The van der Waals surface area contributed by atoms with Gasteiger partial charge in [-0.15, -0.1) is 5.10 Å². The van der Waals surface area contributed by atoms with E-state index in [-0.39, 0.29) is 36.5 Å². The highest BCUT2D eigenvalue weighted by atomic mass is 16.5. The number of carbonyl (C=O) groups is 1. The average molecular weight is 297 g/mol. The minimum atomic E-state index is -0.181. The van der Waals surface area contributed by atoms with Gasteiger partial charge in [0, 0.05) is 25.0 Å². The zero-order valence-corrected chi connectivity index (χ0v) is 12.7. The zero-order valence-electron chi connectivity index (χ0n) is 12.7. The zero-order chi connectivity index (χ0) is 15.4. The predicted octanol–water partition coefficient (Wildman–Crippen LogP) is 0.180. The Hall–Kier alpha value is -1.51. The van der Waals surface area contributed by atoms with Gasteiger partial charge in [0.25, 0.3) is 0 Å². The maximum atomic E-state index is 12.0. The number of morpholine rings is 1. The molecule has 1 fully saturated rings. The Kier molecular flexibility index (Phi) is 5.27. The van der Waals surface area contributed by atoms with E-state index in [0.717, 1.165) is 0 Å². The maximum absolute atomic E-state index is 12.0. The first-order chi connectivity index (χ1) is 9.95. The molecule has 1 amide bonds. The first-order valence-corrected chi connectivity index (χ1v) is 7.18. The van der Waals surface area contributed by atoms with Crippen molar-refractivity contribution in [1.82, 2.24) is 15.1 Å². The average Bonchev–Trinajstić information content (AvgIpc) is 2.87. The summed E-state index contributed by atoms with van der Waals surface area (Å²) in [6.07, 6.45) is -0.0394. The largest absolute Gasteiger partial charge is 0.408 e. The van der Waals surface area contributed by atoms with Gasteiger partial charge >= 0.3 is 6.01 Å². The van der Waals surface area contributed by atoms with Crippen molar-refractivity contribution >= 4 is 11.9 Å². The van der Waals surface area contributed by atoms with Crippen molar-refractivity contribution in [2.75, 3.05) is 31.6 Å². The van der Waals surface area contributed by atoms with Gasteiger partial charge in [0.2, 0.25) is 11.8 Å². The van der Waals surface area contributed by atoms with Gasteiger partial charge in [0.05, 0.1) is 19.3 Å². The Morgan fingerprint density at radius 2 is 2.24 bits per heavy atom. The minimum Gasteiger partial charge on any atom is -0.408 e. The summed E-state index contributed by atoms with van der Waals surface area (Å²) in [5.41, 5.74) is 5.83. The molecule has 1 aromatic heterocycles. The van der Waals surface area contributed by atoms with Crippen LogP contribution >= 0.6 is 0 Å². The van der Waals surface area contributed by atoms with E-state index in [9.17, 15) is 4.79 Å². The minimum absolute atomic E-state index is 0.0394. The highest BCUT2D eigenvalue weighted by Gasteiger charge is 2.25. The van der Waals surface area contributed by atoms with Gasteiger partial charge in [-0.3, -0.25) is 15.0 Å². The second-order valence-corrected chi connectivity index (χ2v) is 5.65. The fourth-order valence-electron chi connectivity index (χ4n) is 2.07. The van der Waals surface area contributed by atoms with Crippen LogP contribution in [0.4, 0.5) is 6.01 Å². The van der Waals surface area contributed by atoms with E-state index in [1.165, 1.54) is 0 Å². The summed E-state index contributed by atoms with van der Waals surface area (Å²) in [5, 5.41) is 10.3. The Morgan fingerprint density at radius 3 is 2.86 bits per heavy atom. The van der Waals surface area contributed by atoms with E-state index in [2.05, 4.69) is 15.5 Å². The van der Waals surface area contributed by atoms with E-state index in [1.807, 2.05) is 25.7 Å². The molecule has 2 unspecified atom stereocenters. The quantitative estimate of drug-likeness (QED) is 0.798. The van der Waals surface area contributed by atoms with Gasteiger partial charge in [-0.25, -0.2) is 0 Å². The predicted molar refractivity (Wildman–Crippen MR) is 76.8 cm³/mol. The molecule has 8 nitrogen and oxygen atoms in total. The number of carbonyl (C=O) groups excluding carboxylic acids is 1. The molecule has 0 saturated carbocycles. The number of amides is 1. The Morgan fingerprint density at radius 1 is 1.48 bits per heavy atom. The molecule has 1 aromatic rings. The summed E-state index contributed by atoms with van der Waals surface area (Å²) in [6, 6.07) is 0.0844. The van der Waals surface area contributed by atoms with Gasteiger partial charge in [0.1, 0.15) is 0 Å². The third kappa shape index (κ3) is 4.48. The SMILES string of the molecule is CC(C)c1nnc(NC(=O)CN2CCOC(C(C)N)C2)o1. The molecule has 118 valence electrons. The first-order valence-electron chi connectivity index (χ1n) is 7.18. The topological polar surface area (TPSA) is 107 Å². The van der Waals surface area contributed by atoms with E-state index in [4.69, 9.17) is 14.9 Å². The van der Waals surface area contributed by atoms with Crippen LogP contribution in [0.1, 0.15) is 32.6 Å². The maximum Gasteiger partial charge on any atom is 0.322 e. The van der Waals surface area contributed by atoms with Gasteiger partial charge in [-0.05, 0) is 6.92 Å². The number of rotatable bonds is 5. The number of nitrogens with one attached hydrogen (secondary N) is 1. The molecule has 0 radical (unpaired) electrons. The Labute approximate surface area is 124 Å². The number of ether oxygens (including phenoxy) is 1. The van der Waals surface area contributed by atoms with Crippen molar-refractivity contribution in [3.63, 3.8) is 0 Å². The lowest BCUT2D eigenvalue weighted by molar-refractivity contribution is -0.119. The van der Waals surface area contributed by atoms with E-state index in [0.29, 0.717) is 25.6 Å². The van der Waals surface area contributed by atoms with Crippen LogP contribution in [0.5, 0.6) is 0 Å². The molecule has 0 bridgehead atoms. The summed E-state index contributed by atoms with van der Waals surface area (Å²) in [6.45, 7) is 7.98. The van der Waals surface area contributed by atoms with Crippen LogP contribution < -0.4 is 11.1 Å². The molecule has 2 rings (SSSR count). The molecule has 0 aliphatic carbocycles. The lowest BCUT2D eigenvalue weighted by atomic mass is 10.1. The molecule has 3 N–H and O–H groups in total. The highest BCUT2D eigenvalue weighted by molar-refractivity contribution is 5.90. The smallest absolute Gasteiger partial charge is 0.322 e. The fraction of sp³-hybridized carbons (Fsp3) is 0.769. The van der Waals surface area contributed by atoms with Crippen molar-refractivity contribution in [2.45, 2.75) is 38.8 Å². The summed E-state index contributed by atoms with van der Waals surface area (Å²) in [5.74, 6) is 0.460. The first kappa shape index (κ1) is 15.9. The van der Waals surface area contributed by atoms with Crippen LogP contribution in [0.25, 0.3) is 0 Å². The number of aromatic nitrogens is 2. The molecule has 1 aliphatic heterocycles. The van der Waals surface area contributed by atoms with Gasteiger partial charge < -0.3 is 14.9 Å². The Balaban J connectivity index is 1.83. The van der Waals surface area contributed by atoms with Gasteiger partial charge in [-0.2, -0.15) is 0 Å². The number of hydrogen-bond donors (Lipinski definition) is 2. The monoisotopic (exact) mass is 297 g/mol. The third-order valence-electron chi connectivity index (χ3n) is 3.31. The lowest BCUT2D eigenvalue weighted by Crippen LogP contribution is -2.51. The molecule has 1 saturated heterocycles. The Bertz CT molecular complexity index is 474. The van der Waals surface area contributed by atoms with E-state index >= 15 is 0 Å². The number of hydrogen-bond acceptors (Lipinski definition) is 7. The summed E-state index contributed by atoms with van der Waals surface area (Å²) in [4.78, 5) is 14.0. The number of anilines is 1. The molecule has 1 aliphatic rings. The number of nitrogens with two attached hydrogens (primary N) is 1. The molecular formula is C13H23N5O3. The van der Waals surface area contributed by atoms with E-state index < -0.39 is 0 Å². The molecular weight excluding hydrogens is 274 g/mol. The molecule has 2 heterocycles. The van der Waals surface area contributed by atoms with Crippen molar-refractivity contribution < 1.29 is 13.9 Å². The molecule has 0 spiro atoms. The normalized spacial score (nSPS) is 21.5. The third-order valence-corrected chi connectivity index (χ3v) is 3.31. The van der Waals surface area contributed by atoms with Gasteiger partial charge in [-0.1, -0.05) is 18.9 Å². The van der Waals surface area contributed by atoms with Crippen LogP contribution in [0, 0.1) is 0 Å². The molecule has 21 heavy (non-hydrogen) atoms. The van der Waals surface area contributed by atoms with Crippen LogP contribution in [-0.2, 0) is 9.53 Å². The lowest BCUT2D eigenvalue weighted by Gasteiger charge is -2.34.